The van der Waals surface area contributed by atoms with Crippen LogP contribution in [-0.4, -0.2) is 66.2 Å². The molecule has 2 aromatic rings. The number of rotatable bonds is 19. The second kappa shape index (κ2) is 19.4. The average Bonchev–Trinajstić information content (AvgIpc) is 3.00. The molecule has 244 valence electrons. The largest absolute Gasteiger partial charge is 0.370 e. The Morgan fingerprint density at radius 2 is 1.09 bits per heavy atom. The Morgan fingerprint density at radius 3 is 1.53 bits per heavy atom. The highest BCUT2D eigenvalue weighted by molar-refractivity contribution is 5.95. The first-order valence-corrected chi connectivity index (χ1v) is 15.1. The SMILES string of the molecule is CCCC[C@H](NC(=O)[C@H](Cc1ccccc1)NC(C)=O)C(=O)N[C@@H](CCCN=C(N)N)C(=O)N[C@H](Cc1ccccc1)C(N)=O. The number of nitrogens with zero attached hydrogens (tertiary/aromatic N) is 1. The molecule has 0 aliphatic carbocycles. The number of amides is 5. The maximum Gasteiger partial charge on any atom is 0.243 e. The van der Waals surface area contributed by atoms with E-state index in [9.17, 15) is 24.0 Å². The quantitative estimate of drug-likeness (QED) is 0.0652. The van der Waals surface area contributed by atoms with Gasteiger partial charge >= 0.3 is 0 Å². The minimum Gasteiger partial charge on any atom is -0.370 e. The summed E-state index contributed by atoms with van der Waals surface area (Å²) in [6.45, 7) is 3.47. The van der Waals surface area contributed by atoms with E-state index in [-0.39, 0.29) is 31.8 Å². The molecule has 2 rings (SSSR count). The number of carbonyl (C=O) groups excluding carboxylic acids is 5. The molecular weight excluding hydrogens is 576 g/mol. The predicted octanol–water partition coefficient (Wildman–Crippen LogP) is 0.160. The lowest BCUT2D eigenvalue weighted by atomic mass is 10.0. The summed E-state index contributed by atoms with van der Waals surface area (Å²) in [7, 11) is 0. The molecule has 2 aromatic carbocycles. The van der Waals surface area contributed by atoms with Crippen LogP contribution in [0.4, 0.5) is 0 Å². The average molecular weight is 623 g/mol. The van der Waals surface area contributed by atoms with E-state index < -0.39 is 53.7 Å². The number of carbonyl (C=O) groups is 5. The van der Waals surface area contributed by atoms with Crippen molar-refractivity contribution in [3.05, 3.63) is 71.8 Å². The number of nitrogens with one attached hydrogen (secondary N) is 4. The van der Waals surface area contributed by atoms with Gasteiger partial charge in [-0.25, -0.2) is 0 Å². The Kier molecular flexibility index (Phi) is 15.6. The van der Waals surface area contributed by atoms with Gasteiger partial charge in [0.25, 0.3) is 0 Å². The maximum atomic E-state index is 13.6. The van der Waals surface area contributed by atoms with Gasteiger partial charge in [0, 0.05) is 26.3 Å². The number of nitrogens with two attached hydrogens (primary N) is 3. The second-order valence-corrected chi connectivity index (χ2v) is 10.8. The molecule has 0 aliphatic rings. The third-order valence-corrected chi connectivity index (χ3v) is 6.98. The summed E-state index contributed by atoms with van der Waals surface area (Å²) in [5, 5.41) is 10.8. The van der Waals surface area contributed by atoms with Crippen LogP contribution in [0.5, 0.6) is 0 Å². The Morgan fingerprint density at radius 1 is 0.644 bits per heavy atom. The first-order chi connectivity index (χ1) is 21.5. The minimum absolute atomic E-state index is 0.108. The number of primary amides is 1. The Bertz CT molecular complexity index is 1280. The highest BCUT2D eigenvalue weighted by Crippen LogP contribution is 2.09. The van der Waals surface area contributed by atoms with Crippen molar-refractivity contribution in [1.82, 2.24) is 21.3 Å². The number of hydrogen-bond acceptors (Lipinski definition) is 6. The van der Waals surface area contributed by atoms with Gasteiger partial charge in [-0.05, 0) is 30.4 Å². The van der Waals surface area contributed by atoms with Crippen molar-refractivity contribution in [3.63, 3.8) is 0 Å². The van der Waals surface area contributed by atoms with Crippen LogP contribution in [-0.2, 0) is 36.8 Å². The summed E-state index contributed by atoms with van der Waals surface area (Å²) in [5.41, 5.74) is 18.1. The van der Waals surface area contributed by atoms with Gasteiger partial charge in [0.2, 0.25) is 29.5 Å². The first-order valence-electron chi connectivity index (χ1n) is 15.1. The van der Waals surface area contributed by atoms with Crippen LogP contribution >= 0.6 is 0 Å². The number of hydrogen-bond donors (Lipinski definition) is 7. The number of guanidine groups is 1. The number of aliphatic imine (C=N–C) groups is 1. The molecule has 13 heteroatoms. The fraction of sp³-hybridized carbons (Fsp3) is 0.438. The lowest BCUT2D eigenvalue weighted by Crippen LogP contribution is -2.58. The molecule has 0 aliphatic heterocycles. The zero-order valence-corrected chi connectivity index (χ0v) is 26.0. The van der Waals surface area contributed by atoms with Crippen molar-refractivity contribution in [2.45, 2.75) is 83.0 Å². The molecule has 0 unspecified atom stereocenters. The van der Waals surface area contributed by atoms with Gasteiger partial charge in [-0.2, -0.15) is 0 Å². The van der Waals surface area contributed by atoms with Crippen molar-refractivity contribution in [2.24, 2.45) is 22.2 Å². The van der Waals surface area contributed by atoms with E-state index in [2.05, 4.69) is 26.3 Å². The Labute approximate surface area is 264 Å². The van der Waals surface area contributed by atoms with Gasteiger partial charge in [-0.1, -0.05) is 80.4 Å². The van der Waals surface area contributed by atoms with E-state index in [1.54, 1.807) is 0 Å². The standard InChI is InChI=1S/C32H46N8O5/c1-3-4-16-24(39-31(45)27(37-21(2)41)20-23-14-9-6-10-15-23)29(43)38-25(17-11-18-36-32(34)35)30(44)40-26(28(33)42)19-22-12-7-5-8-13-22/h5-10,12-15,24-27H,3-4,11,16-20H2,1-2H3,(H2,33,42)(H,37,41)(H,38,43)(H,39,45)(H,40,44)(H4,34,35,36)/t24-,25-,26+,27-/m0/s1. The van der Waals surface area contributed by atoms with Crippen LogP contribution in [0.1, 0.15) is 57.1 Å². The third kappa shape index (κ3) is 13.9. The third-order valence-electron chi connectivity index (χ3n) is 6.98. The second-order valence-electron chi connectivity index (χ2n) is 10.8. The van der Waals surface area contributed by atoms with Crippen molar-refractivity contribution >= 4 is 35.5 Å². The topological polar surface area (TPSA) is 224 Å². The molecule has 0 bridgehead atoms. The van der Waals surface area contributed by atoms with E-state index >= 15 is 0 Å². The summed E-state index contributed by atoms with van der Waals surface area (Å²) in [5.74, 6) is -2.96. The molecule has 10 N–H and O–H groups in total. The minimum atomic E-state index is -1.08. The highest BCUT2D eigenvalue weighted by Gasteiger charge is 2.30. The van der Waals surface area contributed by atoms with Crippen LogP contribution < -0.4 is 38.5 Å². The molecule has 0 fully saturated rings. The molecule has 4 atom stereocenters. The van der Waals surface area contributed by atoms with Crippen LogP contribution in [0, 0.1) is 0 Å². The summed E-state index contributed by atoms with van der Waals surface area (Å²) >= 11 is 0. The zero-order chi connectivity index (χ0) is 33.2. The van der Waals surface area contributed by atoms with Crippen molar-refractivity contribution in [2.75, 3.05) is 6.54 Å². The van der Waals surface area contributed by atoms with E-state index in [4.69, 9.17) is 17.2 Å². The zero-order valence-electron chi connectivity index (χ0n) is 26.0. The molecule has 0 saturated heterocycles. The molecule has 45 heavy (non-hydrogen) atoms. The highest BCUT2D eigenvalue weighted by atomic mass is 16.2. The smallest absolute Gasteiger partial charge is 0.243 e. The van der Waals surface area contributed by atoms with E-state index in [1.165, 1.54) is 6.92 Å². The molecule has 0 spiro atoms. The van der Waals surface area contributed by atoms with Crippen LogP contribution in [0.25, 0.3) is 0 Å². The van der Waals surface area contributed by atoms with E-state index in [0.29, 0.717) is 19.3 Å². The molecular formula is C32H46N8O5. The summed E-state index contributed by atoms with van der Waals surface area (Å²) in [6, 6.07) is 14.2. The molecule has 5 amide bonds. The fourth-order valence-corrected chi connectivity index (χ4v) is 4.64. The first kappa shape index (κ1) is 36.3. The van der Waals surface area contributed by atoms with Crippen molar-refractivity contribution in [3.8, 4) is 0 Å². The molecule has 13 nitrogen and oxygen atoms in total. The van der Waals surface area contributed by atoms with E-state index in [1.807, 2.05) is 67.6 Å². The lowest BCUT2D eigenvalue weighted by molar-refractivity contribution is -0.134. The lowest BCUT2D eigenvalue weighted by Gasteiger charge is -2.26. The summed E-state index contributed by atoms with van der Waals surface area (Å²) in [6.07, 6.45) is 2.53. The normalized spacial score (nSPS) is 13.3. The Hall–Kier alpha value is -4.94. The molecule has 0 aromatic heterocycles. The van der Waals surface area contributed by atoms with Gasteiger partial charge in [0.05, 0.1) is 0 Å². The predicted molar refractivity (Wildman–Crippen MR) is 172 cm³/mol. The van der Waals surface area contributed by atoms with E-state index in [0.717, 1.165) is 17.5 Å². The van der Waals surface area contributed by atoms with Gasteiger partial charge in [0.1, 0.15) is 24.2 Å². The molecule has 0 saturated carbocycles. The van der Waals surface area contributed by atoms with Crippen LogP contribution in [0.15, 0.2) is 65.7 Å². The molecule has 0 radical (unpaired) electrons. The number of benzene rings is 2. The number of unbranched alkanes of at least 4 members (excludes halogenated alkanes) is 1. The summed E-state index contributed by atoms with van der Waals surface area (Å²) in [4.78, 5) is 68.5. The molecule has 0 heterocycles. The van der Waals surface area contributed by atoms with Crippen molar-refractivity contribution in [1.29, 1.82) is 0 Å². The van der Waals surface area contributed by atoms with Gasteiger partial charge in [-0.15, -0.1) is 0 Å². The maximum absolute atomic E-state index is 13.6. The van der Waals surface area contributed by atoms with Gasteiger partial charge in [0.15, 0.2) is 5.96 Å². The van der Waals surface area contributed by atoms with Gasteiger partial charge < -0.3 is 38.5 Å². The van der Waals surface area contributed by atoms with Crippen LogP contribution in [0.2, 0.25) is 0 Å². The van der Waals surface area contributed by atoms with Gasteiger partial charge in [-0.3, -0.25) is 29.0 Å². The van der Waals surface area contributed by atoms with Crippen molar-refractivity contribution < 1.29 is 24.0 Å². The summed E-state index contributed by atoms with van der Waals surface area (Å²) < 4.78 is 0. The monoisotopic (exact) mass is 622 g/mol. The Balaban J connectivity index is 2.23. The fourth-order valence-electron chi connectivity index (χ4n) is 4.64. The van der Waals surface area contributed by atoms with Crippen LogP contribution in [0.3, 0.4) is 0 Å².